The van der Waals surface area contributed by atoms with Gasteiger partial charge in [0.05, 0.1) is 0 Å². The van der Waals surface area contributed by atoms with E-state index in [1.165, 1.54) is 17.4 Å². The fourth-order valence-corrected chi connectivity index (χ4v) is 3.45. The molecule has 0 aliphatic carbocycles. The number of aromatic amines is 1. The summed E-state index contributed by atoms with van der Waals surface area (Å²) in [6.45, 7) is 1.84. The monoisotopic (exact) mass is 393 g/mol. The van der Waals surface area contributed by atoms with Crippen LogP contribution in [0.1, 0.15) is 23.6 Å². The van der Waals surface area contributed by atoms with Gasteiger partial charge < -0.3 is 9.25 Å². The Bertz CT molecular complexity index is 1260. The van der Waals surface area contributed by atoms with Crippen LogP contribution in [0.5, 0.6) is 6.01 Å². The van der Waals surface area contributed by atoms with Crippen molar-refractivity contribution in [2.24, 2.45) is 5.16 Å². The van der Waals surface area contributed by atoms with Crippen LogP contribution in [0.25, 0.3) is 11.1 Å². The molecule has 3 heterocycles. The number of nitrogens with one attached hydrogen (secondary N) is 1. The number of hydrogen-bond acceptors (Lipinski definition) is 7. The maximum atomic E-state index is 12.4. The maximum absolute atomic E-state index is 12.4. The molecule has 7 nitrogen and oxygen atoms in total. The number of nitrogens with zero attached hydrogens (tertiary/aromatic N) is 2. The molecule has 0 aliphatic rings. The number of aryl methyl sites for hydroxylation is 1. The van der Waals surface area contributed by atoms with Crippen molar-refractivity contribution in [3.05, 3.63) is 90.7 Å². The average molecular weight is 393 g/mol. The molecule has 4 aromatic rings. The first-order chi connectivity index (χ1) is 13.7. The molecule has 8 heteroatoms. The molecule has 0 spiro atoms. The van der Waals surface area contributed by atoms with Gasteiger partial charge in [-0.25, -0.2) is 4.79 Å². The van der Waals surface area contributed by atoms with Crippen LogP contribution < -0.4 is 16.0 Å². The van der Waals surface area contributed by atoms with Crippen LogP contribution >= 0.6 is 11.3 Å². The van der Waals surface area contributed by atoms with Gasteiger partial charge in [-0.3, -0.25) is 9.78 Å². The highest BCUT2D eigenvalue weighted by atomic mass is 32.1. The van der Waals surface area contributed by atoms with Gasteiger partial charge in [-0.15, -0.1) is 0 Å². The highest BCUT2D eigenvalue weighted by Crippen LogP contribution is 2.16. The zero-order valence-electron chi connectivity index (χ0n) is 14.8. The van der Waals surface area contributed by atoms with E-state index < -0.39 is 11.2 Å². The lowest BCUT2D eigenvalue weighted by molar-refractivity contribution is 0.311. The second-order valence-electron chi connectivity index (χ2n) is 5.90. The minimum atomic E-state index is -0.569. The Morgan fingerprint density at radius 2 is 2.04 bits per heavy atom. The number of fused-ring (bicyclic) bond motifs is 1. The van der Waals surface area contributed by atoms with E-state index in [-0.39, 0.29) is 17.1 Å². The van der Waals surface area contributed by atoms with E-state index in [1.807, 2.05) is 54.1 Å². The summed E-state index contributed by atoms with van der Waals surface area (Å²) in [6.07, 6.45) is 0.502. The third kappa shape index (κ3) is 3.49. The Labute approximate surface area is 162 Å². The summed E-state index contributed by atoms with van der Waals surface area (Å²) in [5, 5.41) is 8.30. The maximum Gasteiger partial charge on any atom is 0.337 e. The Morgan fingerprint density at radius 3 is 2.75 bits per heavy atom. The lowest BCUT2D eigenvalue weighted by Crippen LogP contribution is -2.15. The molecule has 28 heavy (non-hydrogen) atoms. The molecule has 140 valence electrons. The molecule has 0 amide bonds. The Morgan fingerprint density at radius 1 is 1.21 bits per heavy atom. The molecule has 0 bridgehead atoms. The van der Waals surface area contributed by atoms with Crippen molar-refractivity contribution in [3.63, 3.8) is 0 Å². The Balaban J connectivity index is 1.78. The molecular weight excluding hydrogens is 378 g/mol. The van der Waals surface area contributed by atoms with Gasteiger partial charge in [-0.05, 0) is 23.4 Å². The molecule has 0 saturated heterocycles. The van der Waals surface area contributed by atoms with Gasteiger partial charge in [0.15, 0.2) is 0 Å². The predicted molar refractivity (Wildman–Crippen MR) is 107 cm³/mol. The van der Waals surface area contributed by atoms with Gasteiger partial charge in [0, 0.05) is 22.6 Å². The molecule has 0 fully saturated rings. The average Bonchev–Trinajstić information content (AvgIpc) is 3.22. The van der Waals surface area contributed by atoms with Crippen LogP contribution in [0.15, 0.2) is 72.4 Å². The molecular formula is C20H15N3O4S. The van der Waals surface area contributed by atoms with Gasteiger partial charge in [0.1, 0.15) is 11.1 Å². The predicted octanol–water partition coefficient (Wildman–Crippen LogP) is 3.33. The number of benzene rings is 1. The molecule has 4 rings (SSSR count). The zero-order valence-corrected chi connectivity index (χ0v) is 15.7. The van der Waals surface area contributed by atoms with Crippen molar-refractivity contribution in [3.8, 4) is 6.01 Å². The minimum absolute atomic E-state index is 0.0740. The molecule has 1 aromatic carbocycles. The lowest BCUT2D eigenvalue weighted by Gasteiger charge is -2.06. The van der Waals surface area contributed by atoms with Crippen molar-refractivity contribution < 1.29 is 9.25 Å². The van der Waals surface area contributed by atoms with Crippen LogP contribution in [0.4, 0.5) is 0 Å². The van der Waals surface area contributed by atoms with Gasteiger partial charge in [0.25, 0.3) is 5.56 Å². The van der Waals surface area contributed by atoms with Gasteiger partial charge in [-0.1, -0.05) is 42.4 Å². The van der Waals surface area contributed by atoms with E-state index in [9.17, 15) is 9.59 Å². The fourth-order valence-electron chi connectivity index (χ4n) is 2.81. The van der Waals surface area contributed by atoms with Crippen LogP contribution in [-0.4, -0.2) is 15.7 Å². The number of thiophene rings is 1. The second-order valence-corrected chi connectivity index (χ2v) is 6.68. The van der Waals surface area contributed by atoms with E-state index in [0.29, 0.717) is 17.7 Å². The highest BCUT2D eigenvalue weighted by molar-refractivity contribution is 7.08. The van der Waals surface area contributed by atoms with E-state index >= 15 is 0 Å². The summed E-state index contributed by atoms with van der Waals surface area (Å²) in [7, 11) is 0. The summed E-state index contributed by atoms with van der Waals surface area (Å²) in [6, 6.07) is 12.6. The SMILES string of the molecule is CCc1cc(=O)oc2nc(ON=C(c3ccccc3)c3ccsc3)[nH]c(=O)c12. The molecule has 0 saturated carbocycles. The number of H-pyrrole nitrogens is 1. The van der Waals surface area contributed by atoms with E-state index in [1.54, 1.807) is 0 Å². The number of rotatable bonds is 5. The summed E-state index contributed by atoms with van der Waals surface area (Å²) < 4.78 is 5.08. The van der Waals surface area contributed by atoms with Crippen LogP contribution in [0, 0.1) is 0 Å². The topological polar surface area (TPSA) is 97.5 Å². The summed E-state index contributed by atoms with van der Waals surface area (Å²) in [4.78, 5) is 36.2. The first-order valence-corrected chi connectivity index (χ1v) is 9.50. The Hall–Kier alpha value is -3.52. The van der Waals surface area contributed by atoms with Crippen LogP contribution in [0.3, 0.4) is 0 Å². The van der Waals surface area contributed by atoms with Gasteiger partial charge in [0.2, 0.25) is 5.71 Å². The molecule has 0 atom stereocenters. The Kier molecular flexibility index (Phi) is 4.86. The molecule has 1 N–H and O–H groups in total. The van der Waals surface area contributed by atoms with Gasteiger partial charge in [-0.2, -0.15) is 16.3 Å². The normalized spacial score (nSPS) is 11.7. The number of aromatic nitrogens is 2. The van der Waals surface area contributed by atoms with Crippen LogP contribution in [-0.2, 0) is 6.42 Å². The second kappa shape index (κ2) is 7.61. The third-order valence-electron chi connectivity index (χ3n) is 4.12. The van der Waals surface area contributed by atoms with Crippen molar-refractivity contribution in [2.45, 2.75) is 13.3 Å². The lowest BCUT2D eigenvalue weighted by atomic mass is 10.1. The van der Waals surface area contributed by atoms with Crippen molar-refractivity contribution >= 4 is 28.1 Å². The fraction of sp³-hybridized carbons (Fsp3) is 0.100. The number of hydrogen-bond donors (Lipinski definition) is 1. The first-order valence-electron chi connectivity index (χ1n) is 8.55. The largest absolute Gasteiger partial charge is 0.403 e. The molecule has 0 radical (unpaired) electrons. The third-order valence-corrected chi connectivity index (χ3v) is 4.80. The smallest absolute Gasteiger partial charge is 0.337 e. The molecule has 3 aromatic heterocycles. The molecule has 0 aliphatic heterocycles. The standard InChI is InChI=1S/C20H15N3O4S/c1-2-12-10-15(24)26-19-16(12)18(25)21-20(22-19)27-23-17(14-8-9-28-11-14)13-6-4-3-5-7-13/h3-11H,2H2,1H3,(H,21,22,25). The first kappa shape index (κ1) is 17.9. The quantitative estimate of drug-likeness (QED) is 0.414. The summed E-state index contributed by atoms with van der Waals surface area (Å²) >= 11 is 1.53. The van der Waals surface area contributed by atoms with E-state index in [0.717, 1.165) is 11.1 Å². The molecule has 0 unspecified atom stereocenters. The zero-order chi connectivity index (χ0) is 19.5. The number of oxime groups is 1. The minimum Gasteiger partial charge on any atom is -0.403 e. The highest BCUT2D eigenvalue weighted by Gasteiger charge is 2.14. The summed E-state index contributed by atoms with van der Waals surface area (Å²) in [5.41, 5.74) is 1.79. The van der Waals surface area contributed by atoms with Crippen molar-refractivity contribution in [1.29, 1.82) is 0 Å². The summed E-state index contributed by atoms with van der Waals surface area (Å²) in [5.74, 6) is 0. The van der Waals surface area contributed by atoms with Crippen molar-refractivity contribution in [2.75, 3.05) is 0 Å². The van der Waals surface area contributed by atoms with Crippen molar-refractivity contribution in [1.82, 2.24) is 9.97 Å². The van der Waals surface area contributed by atoms with E-state index in [4.69, 9.17) is 9.25 Å². The van der Waals surface area contributed by atoms with E-state index in [2.05, 4.69) is 15.1 Å². The van der Waals surface area contributed by atoms with Crippen LogP contribution in [0.2, 0.25) is 0 Å². The van der Waals surface area contributed by atoms with Gasteiger partial charge >= 0.3 is 11.6 Å².